The van der Waals surface area contributed by atoms with Crippen LogP contribution >= 0.6 is 15.9 Å². The lowest BCUT2D eigenvalue weighted by atomic mass is 9.75. The topological polar surface area (TPSA) is 32.3 Å². The number of anilines is 1. The molecule has 4 heteroatoms. The number of rotatable bonds is 3. The number of piperidine rings is 1. The van der Waals surface area contributed by atoms with E-state index in [1.165, 1.54) is 32.1 Å². The van der Waals surface area contributed by atoms with E-state index in [0.717, 1.165) is 35.1 Å². The Hall–Kier alpha value is -0.870. The second-order valence-corrected chi connectivity index (χ2v) is 7.21. The van der Waals surface area contributed by atoms with Gasteiger partial charge in [0.05, 0.1) is 12.2 Å². The van der Waals surface area contributed by atoms with Gasteiger partial charge in [-0.15, -0.1) is 0 Å². The summed E-state index contributed by atoms with van der Waals surface area (Å²) in [5, 5.41) is 3.00. The zero-order valence-corrected chi connectivity index (χ0v) is 13.9. The van der Waals surface area contributed by atoms with E-state index in [1.54, 1.807) is 0 Å². The van der Waals surface area contributed by atoms with E-state index < -0.39 is 0 Å². The molecule has 2 aliphatic rings. The van der Waals surface area contributed by atoms with Crippen LogP contribution in [0.15, 0.2) is 28.7 Å². The molecule has 2 fully saturated rings. The Morgan fingerprint density at radius 3 is 2.76 bits per heavy atom. The molecule has 114 valence electrons. The maximum Gasteiger partial charge on any atom is 0.238 e. The van der Waals surface area contributed by atoms with E-state index in [4.69, 9.17) is 0 Å². The highest BCUT2D eigenvalue weighted by molar-refractivity contribution is 9.10. The zero-order valence-electron chi connectivity index (χ0n) is 12.4. The maximum absolute atomic E-state index is 12.2. The summed E-state index contributed by atoms with van der Waals surface area (Å²) in [4.78, 5) is 14.6. The zero-order chi connectivity index (χ0) is 14.7. The van der Waals surface area contributed by atoms with Gasteiger partial charge in [-0.2, -0.15) is 0 Å². The second kappa shape index (κ2) is 6.93. The van der Waals surface area contributed by atoms with Gasteiger partial charge < -0.3 is 5.32 Å². The van der Waals surface area contributed by atoms with Crippen molar-refractivity contribution in [1.82, 2.24) is 4.90 Å². The van der Waals surface area contributed by atoms with Crippen molar-refractivity contribution in [2.24, 2.45) is 11.8 Å². The minimum atomic E-state index is 0.0937. The van der Waals surface area contributed by atoms with Gasteiger partial charge in [-0.25, -0.2) is 0 Å². The number of carbonyl (C=O) groups excluding carboxylic acids is 1. The normalized spacial score (nSPS) is 26.1. The van der Waals surface area contributed by atoms with Crippen LogP contribution in [-0.4, -0.2) is 30.4 Å². The smallest absolute Gasteiger partial charge is 0.238 e. The Morgan fingerprint density at radius 2 is 1.95 bits per heavy atom. The Bertz CT molecular complexity index is 505. The lowest BCUT2D eigenvalue weighted by Gasteiger charge is -2.41. The largest absolute Gasteiger partial charge is 0.324 e. The standard InChI is InChI=1S/C17H23BrN2O/c18-15-7-3-4-8-16(15)19-17(21)12-20-10-9-13-5-1-2-6-14(13)11-20/h3-4,7-8,13-14H,1-2,5-6,9-12H2,(H,19,21). The fourth-order valence-corrected chi connectivity index (χ4v) is 4.16. The number of hydrogen-bond donors (Lipinski definition) is 1. The molecule has 0 radical (unpaired) electrons. The molecule has 0 bridgehead atoms. The van der Waals surface area contributed by atoms with Gasteiger partial charge in [0, 0.05) is 11.0 Å². The van der Waals surface area contributed by atoms with E-state index in [2.05, 4.69) is 26.1 Å². The molecule has 1 N–H and O–H groups in total. The number of fused-ring (bicyclic) bond motifs is 1. The van der Waals surface area contributed by atoms with E-state index >= 15 is 0 Å². The fraction of sp³-hybridized carbons (Fsp3) is 0.588. The Balaban J connectivity index is 1.52. The lowest BCUT2D eigenvalue weighted by Crippen LogP contribution is -2.44. The molecular formula is C17H23BrN2O. The van der Waals surface area contributed by atoms with Gasteiger partial charge in [0.2, 0.25) is 5.91 Å². The average molecular weight is 351 g/mol. The summed E-state index contributed by atoms with van der Waals surface area (Å²) in [6, 6.07) is 7.76. The van der Waals surface area contributed by atoms with Crippen molar-refractivity contribution in [1.29, 1.82) is 0 Å². The van der Waals surface area contributed by atoms with Crippen molar-refractivity contribution in [3.63, 3.8) is 0 Å². The van der Waals surface area contributed by atoms with Crippen LogP contribution in [0, 0.1) is 11.8 Å². The molecule has 21 heavy (non-hydrogen) atoms. The van der Waals surface area contributed by atoms with Crippen molar-refractivity contribution in [2.75, 3.05) is 25.0 Å². The van der Waals surface area contributed by atoms with Crippen LogP contribution in [0.3, 0.4) is 0 Å². The van der Waals surface area contributed by atoms with E-state index in [9.17, 15) is 4.79 Å². The molecule has 2 atom stereocenters. The number of benzene rings is 1. The highest BCUT2D eigenvalue weighted by Gasteiger charge is 2.31. The lowest BCUT2D eigenvalue weighted by molar-refractivity contribution is -0.118. The third-order valence-electron chi connectivity index (χ3n) is 4.89. The maximum atomic E-state index is 12.2. The van der Waals surface area contributed by atoms with Crippen LogP contribution < -0.4 is 5.32 Å². The molecule has 3 rings (SSSR count). The number of hydrogen-bond acceptors (Lipinski definition) is 2. The third-order valence-corrected chi connectivity index (χ3v) is 5.58. The number of para-hydroxylation sites is 1. The minimum absolute atomic E-state index is 0.0937. The molecular weight excluding hydrogens is 328 g/mol. The monoisotopic (exact) mass is 350 g/mol. The van der Waals surface area contributed by atoms with Crippen LogP contribution in [0.5, 0.6) is 0 Å². The molecule has 0 spiro atoms. The summed E-state index contributed by atoms with van der Waals surface area (Å²) in [5.41, 5.74) is 0.857. The Labute approximate surface area is 135 Å². The molecule has 1 saturated carbocycles. The predicted octanol–water partition coefficient (Wildman–Crippen LogP) is 3.90. The minimum Gasteiger partial charge on any atom is -0.324 e. The molecule has 1 aliphatic heterocycles. The molecule has 1 aromatic carbocycles. The van der Waals surface area contributed by atoms with Crippen LogP contribution in [0.2, 0.25) is 0 Å². The summed E-state index contributed by atoms with van der Waals surface area (Å²) < 4.78 is 0.935. The van der Waals surface area contributed by atoms with E-state index in [0.29, 0.717) is 6.54 Å². The SMILES string of the molecule is O=C(CN1CCC2CCCCC2C1)Nc1ccccc1Br. The number of amides is 1. The van der Waals surface area contributed by atoms with Crippen LogP contribution in [0.4, 0.5) is 5.69 Å². The van der Waals surface area contributed by atoms with Crippen LogP contribution in [0.25, 0.3) is 0 Å². The molecule has 1 aliphatic carbocycles. The number of carbonyl (C=O) groups is 1. The van der Waals surface area contributed by atoms with Gasteiger partial charge in [0.25, 0.3) is 0 Å². The van der Waals surface area contributed by atoms with Crippen LogP contribution in [0.1, 0.15) is 32.1 Å². The number of halogens is 1. The summed E-state index contributed by atoms with van der Waals surface area (Å²) in [6.07, 6.45) is 6.81. The second-order valence-electron chi connectivity index (χ2n) is 6.36. The average Bonchev–Trinajstić information content (AvgIpc) is 2.49. The van der Waals surface area contributed by atoms with Crippen LogP contribution in [-0.2, 0) is 4.79 Å². The predicted molar refractivity (Wildman–Crippen MR) is 89.3 cm³/mol. The summed E-state index contributed by atoms with van der Waals surface area (Å²) in [6.45, 7) is 2.70. The van der Waals surface area contributed by atoms with E-state index in [1.807, 2.05) is 24.3 Å². The highest BCUT2D eigenvalue weighted by Crippen LogP contribution is 2.35. The van der Waals surface area contributed by atoms with Crippen molar-refractivity contribution < 1.29 is 4.79 Å². The molecule has 2 unspecified atom stereocenters. The van der Waals surface area contributed by atoms with Crippen molar-refractivity contribution in [3.8, 4) is 0 Å². The molecule has 1 amide bonds. The number of likely N-dealkylation sites (tertiary alicyclic amines) is 1. The first-order valence-electron chi connectivity index (χ1n) is 7.99. The van der Waals surface area contributed by atoms with Crippen molar-refractivity contribution >= 4 is 27.5 Å². The molecule has 1 saturated heterocycles. The first-order chi connectivity index (χ1) is 10.2. The van der Waals surface area contributed by atoms with Gasteiger partial charge in [0.15, 0.2) is 0 Å². The number of nitrogens with zero attached hydrogens (tertiary/aromatic N) is 1. The molecule has 1 heterocycles. The Morgan fingerprint density at radius 1 is 1.19 bits per heavy atom. The number of nitrogens with one attached hydrogen (secondary N) is 1. The van der Waals surface area contributed by atoms with Gasteiger partial charge >= 0.3 is 0 Å². The molecule has 0 aromatic heterocycles. The highest BCUT2D eigenvalue weighted by atomic mass is 79.9. The third kappa shape index (κ3) is 3.86. The van der Waals surface area contributed by atoms with Crippen molar-refractivity contribution in [3.05, 3.63) is 28.7 Å². The van der Waals surface area contributed by atoms with Gasteiger partial charge in [-0.05, 0) is 59.3 Å². The summed E-state index contributed by atoms with van der Waals surface area (Å²) in [5.74, 6) is 1.83. The summed E-state index contributed by atoms with van der Waals surface area (Å²) in [7, 11) is 0. The van der Waals surface area contributed by atoms with Crippen molar-refractivity contribution in [2.45, 2.75) is 32.1 Å². The first kappa shape index (κ1) is 15.0. The van der Waals surface area contributed by atoms with E-state index in [-0.39, 0.29) is 5.91 Å². The summed E-state index contributed by atoms with van der Waals surface area (Å²) >= 11 is 3.47. The fourth-order valence-electron chi connectivity index (χ4n) is 3.78. The Kier molecular flexibility index (Phi) is 4.96. The first-order valence-corrected chi connectivity index (χ1v) is 8.78. The van der Waals surface area contributed by atoms with Gasteiger partial charge in [-0.1, -0.05) is 31.4 Å². The van der Waals surface area contributed by atoms with Gasteiger partial charge in [-0.3, -0.25) is 9.69 Å². The van der Waals surface area contributed by atoms with Gasteiger partial charge in [0.1, 0.15) is 0 Å². The quantitative estimate of drug-likeness (QED) is 0.896. The molecule has 3 nitrogen and oxygen atoms in total. The molecule has 1 aromatic rings.